The van der Waals surface area contributed by atoms with Crippen molar-refractivity contribution in [3.63, 3.8) is 0 Å². The van der Waals surface area contributed by atoms with E-state index < -0.39 is 12.1 Å². The molecule has 0 bridgehead atoms. The van der Waals surface area contributed by atoms with Gasteiger partial charge in [-0.3, -0.25) is 4.79 Å². The minimum absolute atomic E-state index is 0.290. The Hall–Kier alpha value is -1.31. The zero-order valence-electron chi connectivity index (χ0n) is 11.0. The highest BCUT2D eigenvalue weighted by Crippen LogP contribution is 2.28. The Kier molecular flexibility index (Phi) is 6.25. The molecule has 1 aliphatic heterocycles. The van der Waals surface area contributed by atoms with Crippen LogP contribution in [0.25, 0.3) is 0 Å². The summed E-state index contributed by atoms with van der Waals surface area (Å²) in [6.45, 7) is 3.13. The largest absolute Gasteiger partial charge is 0.490 e. The molecule has 1 aliphatic carbocycles. The van der Waals surface area contributed by atoms with Crippen LogP contribution in [-0.4, -0.2) is 42.8 Å². The fourth-order valence-electron chi connectivity index (χ4n) is 1.82. The first-order valence-electron chi connectivity index (χ1n) is 6.59. The third-order valence-corrected chi connectivity index (χ3v) is 3.21. The van der Waals surface area contributed by atoms with Gasteiger partial charge in [-0.2, -0.15) is 13.2 Å². The van der Waals surface area contributed by atoms with Crippen molar-refractivity contribution in [2.24, 2.45) is 11.8 Å². The average Bonchev–Trinajstić information content (AvgIpc) is 3.21. The molecule has 2 aliphatic rings. The van der Waals surface area contributed by atoms with Gasteiger partial charge in [-0.05, 0) is 44.7 Å². The molecule has 20 heavy (non-hydrogen) atoms. The van der Waals surface area contributed by atoms with E-state index in [9.17, 15) is 18.0 Å². The van der Waals surface area contributed by atoms with Gasteiger partial charge in [0.1, 0.15) is 0 Å². The maximum atomic E-state index is 11.3. The molecule has 1 heterocycles. The quantitative estimate of drug-likeness (QED) is 0.730. The lowest BCUT2D eigenvalue weighted by Crippen LogP contribution is -2.36. The number of aliphatic carboxylic acids is 1. The molecule has 8 heteroatoms. The summed E-state index contributed by atoms with van der Waals surface area (Å²) in [5.74, 6) is -1.39. The van der Waals surface area contributed by atoms with Crippen LogP contribution in [0.2, 0.25) is 0 Å². The lowest BCUT2D eigenvalue weighted by molar-refractivity contribution is -0.192. The molecule has 0 aromatic carbocycles. The lowest BCUT2D eigenvalue weighted by atomic mass is 9.98. The van der Waals surface area contributed by atoms with Crippen LogP contribution in [0.15, 0.2) is 0 Å². The van der Waals surface area contributed by atoms with E-state index in [1.807, 2.05) is 0 Å². The van der Waals surface area contributed by atoms with E-state index in [2.05, 4.69) is 10.6 Å². The van der Waals surface area contributed by atoms with Crippen LogP contribution >= 0.6 is 0 Å². The molecule has 3 N–H and O–H groups in total. The Morgan fingerprint density at radius 3 is 2.05 bits per heavy atom. The molecule has 0 aromatic rings. The number of carboxylic acid groups (broad SMARTS) is 1. The van der Waals surface area contributed by atoms with Gasteiger partial charge < -0.3 is 15.7 Å². The lowest BCUT2D eigenvalue weighted by Gasteiger charge is -2.22. The number of carbonyl (C=O) groups excluding carboxylic acids is 1. The molecule has 1 saturated heterocycles. The van der Waals surface area contributed by atoms with Gasteiger partial charge in [-0.15, -0.1) is 0 Å². The first-order chi connectivity index (χ1) is 9.30. The average molecular weight is 296 g/mol. The molecular weight excluding hydrogens is 277 g/mol. The molecule has 0 aromatic heterocycles. The number of carboxylic acids is 1. The highest BCUT2D eigenvalue weighted by molar-refractivity contribution is 5.80. The zero-order valence-corrected chi connectivity index (χ0v) is 11.0. The van der Waals surface area contributed by atoms with Gasteiger partial charge in [-0.1, -0.05) is 0 Å². The van der Waals surface area contributed by atoms with Crippen LogP contribution in [0.1, 0.15) is 25.7 Å². The van der Waals surface area contributed by atoms with Crippen molar-refractivity contribution in [2.75, 3.05) is 19.6 Å². The number of alkyl halides is 3. The molecule has 1 saturated carbocycles. The second-order valence-corrected chi connectivity index (χ2v) is 5.02. The number of hydrogen-bond donors (Lipinski definition) is 3. The van der Waals surface area contributed by atoms with Crippen LogP contribution in [0.5, 0.6) is 0 Å². The van der Waals surface area contributed by atoms with Gasteiger partial charge in [0.05, 0.1) is 0 Å². The number of halogens is 3. The topological polar surface area (TPSA) is 78.4 Å². The van der Waals surface area contributed by atoms with Crippen LogP contribution in [-0.2, 0) is 9.59 Å². The highest BCUT2D eigenvalue weighted by atomic mass is 19.4. The minimum Gasteiger partial charge on any atom is -0.475 e. The molecule has 2 fully saturated rings. The molecule has 5 nitrogen and oxygen atoms in total. The minimum atomic E-state index is -5.08. The van der Waals surface area contributed by atoms with Crippen LogP contribution in [0.4, 0.5) is 13.2 Å². The summed E-state index contributed by atoms with van der Waals surface area (Å²) in [5.41, 5.74) is 0. The third kappa shape index (κ3) is 6.74. The van der Waals surface area contributed by atoms with Crippen molar-refractivity contribution in [1.29, 1.82) is 0 Å². The van der Waals surface area contributed by atoms with E-state index in [-0.39, 0.29) is 0 Å². The molecule has 0 spiro atoms. The van der Waals surface area contributed by atoms with E-state index in [0.29, 0.717) is 17.7 Å². The summed E-state index contributed by atoms with van der Waals surface area (Å²) in [5, 5.41) is 13.5. The van der Waals surface area contributed by atoms with Gasteiger partial charge in [0.2, 0.25) is 5.91 Å². The predicted molar refractivity (Wildman–Crippen MR) is 65.0 cm³/mol. The smallest absolute Gasteiger partial charge is 0.475 e. The number of nitrogens with one attached hydrogen (secondary N) is 2. The summed E-state index contributed by atoms with van der Waals surface area (Å²) in [6, 6.07) is 0. The SMILES string of the molecule is O=C(NCC1CCNCC1)C1CC1.O=C(O)C(F)(F)F. The van der Waals surface area contributed by atoms with E-state index in [1.54, 1.807) is 0 Å². The molecule has 116 valence electrons. The number of amides is 1. The summed E-state index contributed by atoms with van der Waals surface area (Å²) < 4.78 is 31.7. The van der Waals surface area contributed by atoms with Crippen LogP contribution in [0.3, 0.4) is 0 Å². The van der Waals surface area contributed by atoms with Crippen molar-refractivity contribution in [3.05, 3.63) is 0 Å². The molecular formula is C12H19F3N2O3. The Balaban J connectivity index is 0.000000246. The Morgan fingerprint density at radius 1 is 1.15 bits per heavy atom. The standard InChI is InChI=1S/C10H18N2O.C2HF3O2/c13-10(9-1-2-9)12-7-8-3-5-11-6-4-8;3-2(4,5)1(6)7/h8-9,11H,1-7H2,(H,12,13);(H,6,7). The second-order valence-electron chi connectivity index (χ2n) is 5.02. The molecule has 0 radical (unpaired) electrons. The van der Waals surface area contributed by atoms with Crippen molar-refractivity contribution in [1.82, 2.24) is 10.6 Å². The Morgan fingerprint density at radius 2 is 1.65 bits per heavy atom. The van der Waals surface area contributed by atoms with Crippen molar-refractivity contribution in [3.8, 4) is 0 Å². The first kappa shape index (κ1) is 16.7. The van der Waals surface area contributed by atoms with Gasteiger partial charge in [0, 0.05) is 12.5 Å². The van der Waals surface area contributed by atoms with E-state index >= 15 is 0 Å². The summed E-state index contributed by atoms with van der Waals surface area (Å²) >= 11 is 0. The van der Waals surface area contributed by atoms with E-state index in [0.717, 1.165) is 32.5 Å². The third-order valence-electron chi connectivity index (χ3n) is 3.21. The molecule has 1 amide bonds. The maximum absolute atomic E-state index is 11.3. The first-order valence-corrected chi connectivity index (χ1v) is 6.59. The number of carbonyl (C=O) groups is 2. The van der Waals surface area contributed by atoms with Gasteiger partial charge >= 0.3 is 12.1 Å². The summed E-state index contributed by atoms with van der Waals surface area (Å²) in [6.07, 6.45) is -0.438. The monoisotopic (exact) mass is 296 g/mol. The van der Waals surface area contributed by atoms with Gasteiger partial charge in [0.15, 0.2) is 0 Å². The summed E-state index contributed by atoms with van der Waals surface area (Å²) in [4.78, 5) is 20.2. The fourth-order valence-corrected chi connectivity index (χ4v) is 1.82. The van der Waals surface area contributed by atoms with Gasteiger partial charge in [0.25, 0.3) is 0 Å². The van der Waals surface area contributed by atoms with E-state index in [1.165, 1.54) is 12.8 Å². The number of piperidine rings is 1. The summed E-state index contributed by atoms with van der Waals surface area (Å²) in [7, 11) is 0. The Labute approximate surface area is 114 Å². The molecule has 2 rings (SSSR count). The van der Waals surface area contributed by atoms with Crippen molar-refractivity contribution >= 4 is 11.9 Å². The number of rotatable bonds is 3. The second kappa shape index (κ2) is 7.47. The van der Waals surface area contributed by atoms with Crippen molar-refractivity contribution in [2.45, 2.75) is 31.9 Å². The van der Waals surface area contributed by atoms with Crippen LogP contribution < -0.4 is 10.6 Å². The highest BCUT2D eigenvalue weighted by Gasteiger charge is 2.38. The maximum Gasteiger partial charge on any atom is 0.490 e. The normalized spacial score (nSPS) is 19.8. The van der Waals surface area contributed by atoms with Crippen molar-refractivity contribution < 1.29 is 27.9 Å². The molecule has 0 unspecified atom stereocenters. The molecule has 0 atom stereocenters. The number of hydrogen-bond acceptors (Lipinski definition) is 3. The fraction of sp³-hybridized carbons (Fsp3) is 0.833. The Bertz CT molecular complexity index is 337. The zero-order chi connectivity index (χ0) is 15.2. The van der Waals surface area contributed by atoms with Gasteiger partial charge in [-0.25, -0.2) is 4.79 Å². The predicted octanol–water partition coefficient (Wildman–Crippen LogP) is 1.15. The van der Waals surface area contributed by atoms with Crippen LogP contribution in [0, 0.1) is 11.8 Å². The van der Waals surface area contributed by atoms with E-state index in [4.69, 9.17) is 9.90 Å².